The zero-order valence-corrected chi connectivity index (χ0v) is 16.9. The first-order chi connectivity index (χ1) is 13.5. The van der Waals surface area contributed by atoms with E-state index in [9.17, 15) is 9.90 Å². The lowest BCUT2D eigenvalue weighted by Gasteiger charge is -2.35. The predicted molar refractivity (Wildman–Crippen MR) is 104 cm³/mol. The van der Waals surface area contributed by atoms with E-state index in [0.717, 1.165) is 42.5 Å². The number of rotatable bonds is 5. The molecule has 1 aromatic heterocycles. The molecular weight excluding hydrogens is 378 g/mol. The summed E-state index contributed by atoms with van der Waals surface area (Å²) in [7, 11) is 1.36. The summed E-state index contributed by atoms with van der Waals surface area (Å²) in [6.45, 7) is 4.75. The van der Waals surface area contributed by atoms with Crippen LogP contribution in [0.25, 0.3) is 0 Å². The highest BCUT2D eigenvalue weighted by Gasteiger charge is 2.42. The molecule has 0 spiro atoms. The summed E-state index contributed by atoms with van der Waals surface area (Å²) in [6, 6.07) is 6.93. The molecule has 1 saturated carbocycles. The molecule has 1 saturated heterocycles. The number of likely N-dealkylation sites (tertiary alicyclic amines) is 1. The Labute approximate surface area is 168 Å². The average Bonchev–Trinajstić information content (AvgIpc) is 3.26. The summed E-state index contributed by atoms with van der Waals surface area (Å²) >= 11 is 1.64. The molecule has 0 bridgehead atoms. The number of hydrogen-bond donors (Lipinski definition) is 1. The number of aryl methyl sites for hydroxylation is 1. The van der Waals surface area contributed by atoms with Crippen molar-refractivity contribution in [3.8, 4) is 5.75 Å². The van der Waals surface area contributed by atoms with Gasteiger partial charge in [0.25, 0.3) is 0 Å². The van der Waals surface area contributed by atoms with Gasteiger partial charge in [0.2, 0.25) is 0 Å². The fourth-order valence-corrected chi connectivity index (χ4v) is 5.08. The van der Waals surface area contributed by atoms with Gasteiger partial charge in [0, 0.05) is 13.1 Å². The molecule has 1 aromatic carbocycles. The third-order valence-electron chi connectivity index (χ3n) is 5.63. The molecule has 1 N–H and O–H groups in total. The summed E-state index contributed by atoms with van der Waals surface area (Å²) in [5, 5.41) is 21.0. The Morgan fingerprint density at radius 2 is 2.07 bits per heavy atom. The van der Waals surface area contributed by atoms with E-state index in [2.05, 4.69) is 15.1 Å². The molecule has 2 aromatic rings. The van der Waals surface area contributed by atoms with Gasteiger partial charge in [-0.2, -0.15) is 0 Å². The fourth-order valence-electron chi connectivity index (χ4n) is 4.32. The van der Waals surface area contributed by atoms with Gasteiger partial charge < -0.3 is 14.6 Å². The van der Waals surface area contributed by atoms with Crippen LogP contribution < -0.4 is 4.74 Å². The smallest absolute Gasteiger partial charge is 0.337 e. The van der Waals surface area contributed by atoms with Crippen molar-refractivity contribution in [3.63, 3.8) is 0 Å². The second-order valence-electron chi connectivity index (χ2n) is 7.64. The van der Waals surface area contributed by atoms with Gasteiger partial charge in [0.05, 0.1) is 25.3 Å². The lowest BCUT2D eigenvalue weighted by atomic mass is 9.78. The summed E-state index contributed by atoms with van der Waals surface area (Å²) in [4.78, 5) is 14.1. The Hall–Kier alpha value is -2.03. The zero-order chi connectivity index (χ0) is 19.7. The van der Waals surface area contributed by atoms with Gasteiger partial charge in [0.1, 0.15) is 21.9 Å². The Balaban J connectivity index is 1.38. The highest BCUT2D eigenvalue weighted by Crippen LogP contribution is 2.38. The molecule has 8 heteroatoms. The molecule has 2 heterocycles. The summed E-state index contributed by atoms with van der Waals surface area (Å²) in [5.41, 5.74) is 0.447. The third kappa shape index (κ3) is 4.19. The molecule has 2 aliphatic rings. The fraction of sp³-hybridized carbons (Fsp3) is 0.550. The van der Waals surface area contributed by atoms with Crippen molar-refractivity contribution in [2.45, 2.75) is 38.5 Å². The van der Waals surface area contributed by atoms with Crippen molar-refractivity contribution >= 4 is 17.3 Å². The second kappa shape index (κ2) is 8.14. The lowest BCUT2D eigenvalue weighted by molar-refractivity contribution is -0.0231. The van der Waals surface area contributed by atoms with Crippen LogP contribution in [0.2, 0.25) is 0 Å². The first-order valence-corrected chi connectivity index (χ1v) is 10.4. The lowest BCUT2D eigenvalue weighted by Crippen LogP contribution is -2.42. The van der Waals surface area contributed by atoms with Crippen molar-refractivity contribution in [1.82, 2.24) is 15.1 Å². The first-order valence-electron chi connectivity index (χ1n) is 9.56. The number of benzene rings is 1. The van der Waals surface area contributed by atoms with E-state index >= 15 is 0 Å². The van der Waals surface area contributed by atoms with Gasteiger partial charge in [-0.25, -0.2) is 4.79 Å². The maximum Gasteiger partial charge on any atom is 0.337 e. The van der Waals surface area contributed by atoms with Crippen LogP contribution in [0.4, 0.5) is 0 Å². The monoisotopic (exact) mass is 403 g/mol. The number of aliphatic hydroxyl groups excluding tert-OH is 1. The highest BCUT2D eigenvalue weighted by atomic mass is 32.1. The average molecular weight is 404 g/mol. The number of hydrogen-bond acceptors (Lipinski definition) is 8. The Kier molecular flexibility index (Phi) is 5.61. The van der Waals surface area contributed by atoms with Crippen LogP contribution in [-0.2, 0) is 11.3 Å². The maximum absolute atomic E-state index is 11.7. The third-order valence-corrected chi connectivity index (χ3v) is 6.45. The van der Waals surface area contributed by atoms with E-state index in [1.807, 2.05) is 13.0 Å². The molecule has 4 atom stereocenters. The largest absolute Gasteiger partial charge is 0.488 e. The topological polar surface area (TPSA) is 84.8 Å². The molecule has 0 unspecified atom stereocenters. The van der Waals surface area contributed by atoms with Crippen LogP contribution in [-0.4, -0.2) is 58.6 Å². The van der Waals surface area contributed by atoms with E-state index in [1.54, 1.807) is 29.5 Å². The minimum Gasteiger partial charge on any atom is -0.488 e. The molecule has 7 nitrogen and oxygen atoms in total. The number of nitrogens with zero attached hydrogens (tertiary/aromatic N) is 3. The van der Waals surface area contributed by atoms with Gasteiger partial charge >= 0.3 is 5.97 Å². The van der Waals surface area contributed by atoms with Crippen LogP contribution >= 0.6 is 11.3 Å². The first kappa shape index (κ1) is 19.3. The Bertz CT molecular complexity index is 842. The van der Waals surface area contributed by atoms with Crippen molar-refractivity contribution < 1.29 is 19.4 Å². The zero-order valence-electron chi connectivity index (χ0n) is 16.1. The van der Waals surface area contributed by atoms with Crippen molar-refractivity contribution in [2.24, 2.45) is 11.8 Å². The van der Waals surface area contributed by atoms with E-state index in [-0.39, 0.29) is 6.10 Å². The van der Waals surface area contributed by atoms with Gasteiger partial charge in [0.15, 0.2) is 0 Å². The van der Waals surface area contributed by atoms with Crippen molar-refractivity contribution in [1.29, 1.82) is 0 Å². The quantitative estimate of drug-likeness (QED) is 0.767. The molecule has 0 radical (unpaired) electrons. The van der Waals surface area contributed by atoms with Crippen molar-refractivity contribution in [2.75, 3.05) is 20.2 Å². The van der Waals surface area contributed by atoms with Crippen molar-refractivity contribution in [3.05, 3.63) is 39.8 Å². The maximum atomic E-state index is 11.7. The minimum absolute atomic E-state index is 0.266. The molecular formula is C20H25N3O4S. The van der Waals surface area contributed by atoms with E-state index in [4.69, 9.17) is 9.47 Å². The molecule has 4 rings (SSSR count). The summed E-state index contributed by atoms with van der Waals surface area (Å²) in [5.74, 6) is 1.16. The van der Waals surface area contributed by atoms with Crippen LogP contribution in [0.3, 0.4) is 0 Å². The Morgan fingerprint density at radius 3 is 2.79 bits per heavy atom. The molecule has 2 fully saturated rings. The normalized spacial score (nSPS) is 27.4. The standard InChI is InChI=1S/C20H25N3O4S/c1-12-21-22-19(28-12)11-23-9-14-7-17(24)18(8-15(14)10-23)27-16-5-3-4-13(6-16)20(25)26-2/h3-6,14-15,17-18,24H,7-11H2,1-2H3/t14-,15+,17+,18+/m0/s1. The Morgan fingerprint density at radius 1 is 1.29 bits per heavy atom. The van der Waals surface area contributed by atoms with Crippen LogP contribution in [0.1, 0.15) is 33.2 Å². The predicted octanol–water partition coefficient (Wildman–Crippen LogP) is 2.28. The number of aliphatic hydroxyl groups is 1. The van der Waals surface area contributed by atoms with E-state index in [1.165, 1.54) is 7.11 Å². The summed E-state index contributed by atoms with van der Waals surface area (Å²) in [6.07, 6.45) is 0.766. The number of esters is 1. The number of ether oxygens (including phenoxy) is 2. The van der Waals surface area contributed by atoms with Gasteiger partial charge in [-0.1, -0.05) is 6.07 Å². The highest BCUT2D eigenvalue weighted by molar-refractivity contribution is 7.11. The molecule has 150 valence electrons. The second-order valence-corrected chi connectivity index (χ2v) is 8.91. The molecule has 1 aliphatic heterocycles. The molecule has 0 amide bonds. The van der Waals surface area contributed by atoms with Gasteiger partial charge in [-0.05, 0) is 49.8 Å². The number of methoxy groups -OCH3 is 1. The number of carbonyl (C=O) groups excluding carboxylic acids is 1. The SMILES string of the molecule is COC(=O)c1cccc(O[C@@H]2C[C@@H]3CN(Cc4nnc(C)s4)C[C@@H]3C[C@H]2O)c1. The van der Waals surface area contributed by atoms with Crippen LogP contribution in [0, 0.1) is 18.8 Å². The van der Waals surface area contributed by atoms with Gasteiger partial charge in [-0.3, -0.25) is 4.90 Å². The van der Waals surface area contributed by atoms with E-state index < -0.39 is 12.1 Å². The minimum atomic E-state index is -0.508. The molecule has 28 heavy (non-hydrogen) atoms. The van der Waals surface area contributed by atoms with Crippen LogP contribution in [0.15, 0.2) is 24.3 Å². The summed E-state index contributed by atoms with van der Waals surface area (Å²) < 4.78 is 10.8. The van der Waals surface area contributed by atoms with Crippen LogP contribution in [0.5, 0.6) is 5.75 Å². The number of aromatic nitrogens is 2. The number of carbonyl (C=O) groups is 1. The number of fused-ring (bicyclic) bond motifs is 1. The van der Waals surface area contributed by atoms with Gasteiger partial charge in [-0.15, -0.1) is 21.5 Å². The molecule has 1 aliphatic carbocycles. The van der Waals surface area contributed by atoms with E-state index in [0.29, 0.717) is 23.1 Å².